The molecule has 8 nitrogen and oxygen atoms in total. The third-order valence-corrected chi connectivity index (χ3v) is 5.95. The lowest BCUT2D eigenvalue weighted by atomic mass is 10.0. The van der Waals surface area contributed by atoms with Gasteiger partial charge >= 0.3 is 6.09 Å². The largest absolute Gasteiger partial charge is 0.444 e. The summed E-state index contributed by atoms with van der Waals surface area (Å²) in [6.07, 6.45) is 5.19. The minimum absolute atomic E-state index is 0.300. The number of imidazole rings is 1. The first kappa shape index (κ1) is 25.0. The highest BCUT2D eigenvalue weighted by atomic mass is 16.6. The predicted molar refractivity (Wildman–Crippen MR) is 139 cm³/mol. The van der Waals surface area contributed by atoms with Crippen LogP contribution >= 0.6 is 0 Å². The van der Waals surface area contributed by atoms with Crippen molar-refractivity contribution >= 4 is 22.9 Å². The number of hydrogen-bond donors (Lipinski definition) is 2. The van der Waals surface area contributed by atoms with E-state index in [-0.39, 0.29) is 5.91 Å². The fraction of sp³-hybridized carbons (Fsp3) is 0.321. The minimum atomic E-state index is -0.864. The van der Waals surface area contributed by atoms with Crippen LogP contribution in [0.2, 0.25) is 0 Å². The molecule has 0 bridgehead atoms. The van der Waals surface area contributed by atoms with Crippen LogP contribution in [-0.4, -0.2) is 37.8 Å². The van der Waals surface area contributed by atoms with Crippen molar-refractivity contribution in [3.05, 3.63) is 90.1 Å². The van der Waals surface area contributed by atoms with Crippen molar-refractivity contribution in [2.24, 2.45) is 14.1 Å². The van der Waals surface area contributed by atoms with Crippen LogP contribution in [0.15, 0.2) is 73.2 Å². The van der Waals surface area contributed by atoms with E-state index in [2.05, 4.69) is 15.6 Å². The number of carbonyl (C=O) groups excluding carboxylic acids is 2. The SMILES string of the molecule is Cn1ccnc1C(NC(=O)[C@@H](Cc1cn(C)c2ccccc12)NC(=O)OC(C)(C)C)c1ccccc1. The van der Waals surface area contributed by atoms with Crippen molar-refractivity contribution in [2.75, 3.05) is 0 Å². The smallest absolute Gasteiger partial charge is 0.408 e. The Morgan fingerprint density at radius 1 is 0.972 bits per heavy atom. The highest BCUT2D eigenvalue weighted by Gasteiger charge is 2.29. The number of nitrogens with zero attached hydrogens (tertiary/aromatic N) is 3. The van der Waals surface area contributed by atoms with Crippen molar-refractivity contribution < 1.29 is 14.3 Å². The van der Waals surface area contributed by atoms with Crippen LogP contribution < -0.4 is 10.6 Å². The molecule has 2 aromatic carbocycles. The van der Waals surface area contributed by atoms with Gasteiger partial charge in [0.15, 0.2) is 0 Å². The number of fused-ring (bicyclic) bond motifs is 1. The Labute approximate surface area is 211 Å². The normalized spacial score (nSPS) is 13.2. The van der Waals surface area contributed by atoms with E-state index in [4.69, 9.17) is 4.74 Å². The minimum Gasteiger partial charge on any atom is -0.444 e. The zero-order valence-electron chi connectivity index (χ0n) is 21.4. The number of rotatable bonds is 7. The van der Waals surface area contributed by atoms with Crippen LogP contribution in [-0.2, 0) is 30.0 Å². The van der Waals surface area contributed by atoms with Gasteiger partial charge in [0.1, 0.15) is 23.5 Å². The number of para-hydroxylation sites is 1. The average Bonchev–Trinajstić information content (AvgIpc) is 3.39. The number of carbonyl (C=O) groups is 2. The fourth-order valence-corrected chi connectivity index (χ4v) is 4.31. The quantitative estimate of drug-likeness (QED) is 0.408. The molecule has 188 valence electrons. The van der Waals surface area contributed by atoms with Crippen LogP contribution in [0.5, 0.6) is 0 Å². The Hall–Kier alpha value is -4.07. The molecular formula is C28H33N5O3. The summed E-state index contributed by atoms with van der Waals surface area (Å²) in [5.41, 5.74) is 2.21. The summed E-state index contributed by atoms with van der Waals surface area (Å²) in [7, 11) is 3.85. The Balaban J connectivity index is 1.66. The third-order valence-electron chi connectivity index (χ3n) is 5.95. The third kappa shape index (κ3) is 5.76. The van der Waals surface area contributed by atoms with Gasteiger partial charge in [-0.3, -0.25) is 4.79 Å². The second kappa shape index (κ2) is 10.3. The number of aromatic nitrogens is 3. The number of hydrogen-bond acceptors (Lipinski definition) is 4. The fourth-order valence-electron chi connectivity index (χ4n) is 4.31. The molecule has 0 radical (unpaired) electrons. The van der Waals surface area contributed by atoms with Crippen molar-refractivity contribution in [1.82, 2.24) is 24.8 Å². The van der Waals surface area contributed by atoms with E-state index in [1.165, 1.54) is 0 Å². The Morgan fingerprint density at radius 3 is 2.33 bits per heavy atom. The summed E-state index contributed by atoms with van der Waals surface area (Å²) in [5.74, 6) is 0.362. The lowest BCUT2D eigenvalue weighted by Crippen LogP contribution is -2.50. The number of benzene rings is 2. The van der Waals surface area contributed by atoms with Gasteiger partial charge in [0.25, 0.3) is 0 Å². The first-order chi connectivity index (χ1) is 17.1. The van der Waals surface area contributed by atoms with Gasteiger partial charge in [-0.1, -0.05) is 48.5 Å². The van der Waals surface area contributed by atoms with Crippen molar-refractivity contribution in [2.45, 2.75) is 44.9 Å². The number of alkyl carbamates (subject to hydrolysis) is 1. The predicted octanol–water partition coefficient (Wildman–Crippen LogP) is 4.25. The average molecular weight is 488 g/mol. The molecule has 0 saturated carbocycles. The number of amides is 2. The monoisotopic (exact) mass is 487 g/mol. The van der Waals surface area contributed by atoms with Gasteiger partial charge in [-0.05, 0) is 38.0 Å². The molecule has 4 rings (SSSR count). The van der Waals surface area contributed by atoms with Gasteiger partial charge < -0.3 is 24.5 Å². The highest BCUT2D eigenvalue weighted by molar-refractivity contribution is 5.89. The van der Waals surface area contributed by atoms with Gasteiger partial charge in [-0.25, -0.2) is 9.78 Å². The van der Waals surface area contributed by atoms with Crippen LogP contribution in [0.4, 0.5) is 4.79 Å². The Morgan fingerprint density at radius 2 is 1.67 bits per heavy atom. The van der Waals surface area contributed by atoms with E-state index in [0.717, 1.165) is 22.0 Å². The van der Waals surface area contributed by atoms with E-state index in [0.29, 0.717) is 12.2 Å². The standard InChI is InChI=1S/C28H33N5O3/c1-28(2,3)36-27(35)30-22(17-20-18-33(5)23-14-10-9-13-21(20)23)26(34)31-24(19-11-7-6-8-12-19)25-29-15-16-32(25)4/h6-16,18,22,24H,17H2,1-5H3,(H,30,35)(H,31,34)/t22-,24?/m1/s1. The summed E-state index contributed by atoms with van der Waals surface area (Å²) in [6, 6.07) is 16.3. The number of aryl methyl sites for hydroxylation is 2. The van der Waals surface area contributed by atoms with E-state index in [9.17, 15) is 9.59 Å². The number of nitrogens with one attached hydrogen (secondary N) is 2. The molecule has 0 aliphatic heterocycles. The lowest BCUT2D eigenvalue weighted by Gasteiger charge is -2.25. The van der Waals surface area contributed by atoms with Gasteiger partial charge in [0.2, 0.25) is 5.91 Å². The molecule has 36 heavy (non-hydrogen) atoms. The van der Waals surface area contributed by atoms with Crippen molar-refractivity contribution in [3.63, 3.8) is 0 Å². The molecule has 4 aromatic rings. The molecule has 2 amide bonds. The molecule has 8 heteroatoms. The molecule has 2 heterocycles. The molecule has 0 fully saturated rings. The molecule has 2 atom stereocenters. The topological polar surface area (TPSA) is 90.2 Å². The summed E-state index contributed by atoms with van der Waals surface area (Å²) in [5, 5.41) is 6.96. The zero-order chi connectivity index (χ0) is 25.9. The zero-order valence-corrected chi connectivity index (χ0v) is 21.4. The maximum Gasteiger partial charge on any atom is 0.408 e. The lowest BCUT2D eigenvalue weighted by molar-refractivity contribution is -0.123. The molecule has 0 aliphatic carbocycles. The maximum absolute atomic E-state index is 13.8. The molecule has 0 aliphatic rings. The summed E-state index contributed by atoms with van der Waals surface area (Å²) >= 11 is 0. The van der Waals surface area contributed by atoms with E-state index in [1.54, 1.807) is 27.0 Å². The maximum atomic E-state index is 13.8. The van der Waals surface area contributed by atoms with Gasteiger partial charge in [0.05, 0.1) is 0 Å². The Kier molecular flexibility index (Phi) is 7.15. The highest BCUT2D eigenvalue weighted by Crippen LogP contribution is 2.24. The summed E-state index contributed by atoms with van der Waals surface area (Å²) in [6.45, 7) is 5.37. The molecule has 0 spiro atoms. The van der Waals surface area contributed by atoms with Crippen molar-refractivity contribution in [1.29, 1.82) is 0 Å². The summed E-state index contributed by atoms with van der Waals surface area (Å²) in [4.78, 5) is 31.0. The van der Waals surface area contributed by atoms with Crippen LogP contribution in [0.1, 0.15) is 43.8 Å². The molecule has 2 aromatic heterocycles. The van der Waals surface area contributed by atoms with E-state index < -0.39 is 23.8 Å². The van der Waals surface area contributed by atoms with E-state index >= 15 is 0 Å². The molecule has 2 N–H and O–H groups in total. The van der Waals surface area contributed by atoms with Crippen LogP contribution in [0.3, 0.4) is 0 Å². The van der Waals surface area contributed by atoms with Gasteiger partial charge in [0, 0.05) is 50.0 Å². The molecule has 1 unspecified atom stereocenters. The van der Waals surface area contributed by atoms with Crippen LogP contribution in [0, 0.1) is 0 Å². The molecular weight excluding hydrogens is 454 g/mol. The van der Waals surface area contributed by atoms with Gasteiger partial charge in [-0.15, -0.1) is 0 Å². The van der Waals surface area contributed by atoms with Crippen molar-refractivity contribution in [3.8, 4) is 0 Å². The van der Waals surface area contributed by atoms with Gasteiger partial charge in [-0.2, -0.15) is 0 Å². The first-order valence-electron chi connectivity index (χ1n) is 12.0. The second-order valence-electron chi connectivity index (χ2n) is 9.93. The number of ether oxygens (including phenoxy) is 1. The first-order valence-corrected chi connectivity index (χ1v) is 12.0. The van der Waals surface area contributed by atoms with E-state index in [1.807, 2.05) is 90.2 Å². The Bertz CT molecular complexity index is 1350. The van der Waals surface area contributed by atoms with Crippen LogP contribution in [0.25, 0.3) is 10.9 Å². The summed E-state index contributed by atoms with van der Waals surface area (Å²) < 4.78 is 9.37. The molecule has 0 saturated heterocycles. The second-order valence-corrected chi connectivity index (χ2v) is 9.93.